The van der Waals surface area contributed by atoms with E-state index in [-0.39, 0.29) is 6.42 Å². The molecule has 1 N–H and O–H groups in total. The summed E-state index contributed by atoms with van der Waals surface area (Å²) < 4.78 is 0. The maximum absolute atomic E-state index is 10.2. The molecule has 1 heterocycles. The summed E-state index contributed by atoms with van der Waals surface area (Å²) in [6.07, 6.45) is 0.517. The number of aryl methyl sites for hydroxylation is 1. The number of hydrogen-bond donors (Lipinski definition) is 1. The fourth-order valence-electron chi connectivity index (χ4n) is 0.825. The molecule has 0 saturated carbocycles. The Balaban J connectivity index is 2.57. The molecule has 0 aliphatic heterocycles. The van der Waals surface area contributed by atoms with Crippen molar-refractivity contribution in [2.24, 2.45) is 0 Å². The van der Waals surface area contributed by atoms with Gasteiger partial charge in [0.2, 0.25) is 0 Å². The van der Waals surface area contributed by atoms with Crippen LogP contribution in [0.2, 0.25) is 5.15 Å². The summed E-state index contributed by atoms with van der Waals surface area (Å²) in [7, 11) is 0. The van der Waals surface area contributed by atoms with E-state index in [1.54, 1.807) is 18.2 Å². The van der Waals surface area contributed by atoms with Gasteiger partial charge in [-0.15, -0.1) is 0 Å². The zero-order valence-corrected chi connectivity index (χ0v) is 7.08. The number of rotatable bonds is 3. The van der Waals surface area contributed by atoms with Crippen LogP contribution in [0.25, 0.3) is 0 Å². The number of aromatic nitrogens is 1. The monoisotopic (exact) mass is 185 g/mol. The van der Waals surface area contributed by atoms with Gasteiger partial charge in [0, 0.05) is 12.1 Å². The first kappa shape index (κ1) is 9.00. The third-order valence-electron chi connectivity index (χ3n) is 1.37. The van der Waals surface area contributed by atoms with E-state index in [9.17, 15) is 4.79 Å². The van der Waals surface area contributed by atoms with E-state index in [1.165, 1.54) is 0 Å². The normalized spacial score (nSPS) is 9.75. The van der Waals surface area contributed by atoms with Crippen molar-refractivity contribution in [2.45, 2.75) is 12.8 Å². The van der Waals surface area contributed by atoms with Crippen LogP contribution < -0.4 is 0 Å². The van der Waals surface area contributed by atoms with Gasteiger partial charge in [-0.2, -0.15) is 0 Å². The second kappa shape index (κ2) is 4.07. The fraction of sp³-hybridized carbons (Fsp3) is 0.250. The summed E-state index contributed by atoms with van der Waals surface area (Å²) in [6.45, 7) is 0. The highest BCUT2D eigenvalue weighted by Gasteiger charge is 1.99. The van der Waals surface area contributed by atoms with E-state index in [2.05, 4.69) is 4.98 Å². The Hall–Kier alpha value is -1.09. The summed E-state index contributed by atoms with van der Waals surface area (Å²) in [4.78, 5) is 14.1. The van der Waals surface area contributed by atoms with Crippen LogP contribution in [0.15, 0.2) is 18.2 Å². The number of pyridine rings is 1. The molecule has 1 aromatic heterocycles. The number of halogens is 1. The number of hydrogen-bond acceptors (Lipinski definition) is 2. The quantitative estimate of drug-likeness (QED) is 0.730. The molecule has 0 unspecified atom stereocenters. The number of nitrogens with zero attached hydrogens (tertiary/aromatic N) is 1. The maximum atomic E-state index is 10.2. The van der Waals surface area contributed by atoms with Gasteiger partial charge in [0.25, 0.3) is 0 Å². The zero-order chi connectivity index (χ0) is 8.97. The molecule has 64 valence electrons. The van der Waals surface area contributed by atoms with Gasteiger partial charge in [-0.1, -0.05) is 17.7 Å². The molecule has 0 saturated heterocycles. The molecule has 0 atom stereocenters. The molecular formula is C8H8ClNO2. The molecule has 4 heteroatoms. The Morgan fingerprint density at radius 2 is 2.33 bits per heavy atom. The highest BCUT2D eigenvalue weighted by atomic mass is 35.5. The Morgan fingerprint density at radius 1 is 1.58 bits per heavy atom. The van der Waals surface area contributed by atoms with Gasteiger partial charge in [0.15, 0.2) is 0 Å². The van der Waals surface area contributed by atoms with Crippen LogP contribution >= 0.6 is 11.6 Å². The minimum Gasteiger partial charge on any atom is -0.481 e. The maximum Gasteiger partial charge on any atom is 0.303 e. The predicted molar refractivity (Wildman–Crippen MR) is 45.2 cm³/mol. The average Bonchev–Trinajstić information content (AvgIpc) is 2.01. The summed E-state index contributed by atoms with van der Waals surface area (Å²) in [5.74, 6) is -0.822. The summed E-state index contributed by atoms with van der Waals surface area (Å²) in [5, 5.41) is 8.78. The first-order valence-corrected chi connectivity index (χ1v) is 3.89. The lowest BCUT2D eigenvalue weighted by molar-refractivity contribution is -0.136. The highest BCUT2D eigenvalue weighted by molar-refractivity contribution is 6.29. The van der Waals surface area contributed by atoms with Crippen LogP contribution in [0, 0.1) is 0 Å². The first-order chi connectivity index (χ1) is 5.68. The lowest BCUT2D eigenvalue weighted by Crippen LogP contribution is -1.98. The van der Waals surface area contributed by atoms with Gasteiger partial charge < -0.3 is 5.11 Å². The van der Waals surface area contributed by atoms with Crippen LogP contribution in [-0.2, 0) is 11.2 Å². The van der Waals surface area contributed by atoms with Crippen molar-refractivity contribution in [3.05, 3.63) is 29.0 Å². The minimum absolute atomic E-state index is 0.0906. The van der Waals surface area contributed by atoms with Gasteiger partial charge in [0.1, 0.15) is 5.15 Å². The van der Waals surface area contributed by atoms with Crippen LogP contribution in [0.4, 0.5) is 0 Å². The Bertz CT molecular complexity index is 288. The molecule has 1 aromatic rings. The number of carbonyl (C=O) groups is 1. The second-order valence-corrected chi connectivity index (χ2v) is 2.73. The summed E-state index contributed by atoms with van der Waals surface area (Å²) in [5.41, 5.74) is 0.713. The van der Waals surface area contributed by atoms with Crippen LogP contribution in [-0.4, -0.2) is 16.1 Å². The van der Waals surface area contributed by atoms with Gasteiger partial charge in [-0.05, 0) is 12.1 Å². The third kappa shape index (κ3) is 2.88. The molecule has 12 heavy (non-hydrogen) atoms. The average molecular weight is 186 g/mol. The second-order valence-electron chi connectivity index (χ2n) is 2.35. The van der Waals surface area contributed by atoms with E-state index in [0.717, 1.165) is 0 Å². The SMILES string of the molecule is O=C(O)CCc1cccc(Cl)n1. The van der Waals surface area contributed by atoms with Gasteiger partial charge in [-0.25, -0.2) is 4.98 Å². The van der Waals surface area contributed by atoms with Crippen molar-refractivity contribution < 1.29 is 9.90 Å². The van der Waals surface area contributed by atoms with Crippen molar-refractivity contribution in [1.29, 1.82) is 0 Å². The van der Waals surface area contributed by atoms with E-state index < -0.39 is 5.97 Å². The zero-order valence-electron chi connectivity index (χ0n) is 6.33. The predicted octanol–water partition coefficient (Wildman–Crippen LogP) is 1.75. The Labute approximate surface area is 75.0 Å². The minimum atomic E-state index is -0.822. The molecule has 0 radical (unpaired) electrons. The summed E-state index contributed by atoms with van der Waals surface area (Å²) in [6, 6.07) is 5.17. The number of carboxylic acid groups (broad SMARTS) is 1. The van der Waals surface area contributed by atoms with Crippen LogP contribution in [0.5, 0.6) is 0 Å². The molecule has 1 rings (SSSR count). The molecule has 0 bridgehead atoms. The third-order valence-corrected chi connectivity index (χ3v) is 1.58. The molecule has 0 aliphatic rings. The van der Waals surface area contributed by atoms with Gasteiger partial charge >= 0.3 is 5.97 Å². The van der Waals surface area contributed by atoms with Crippen molar-refractivity contribution >= 4 is 17.6 Å². The number of carboxylic acids is 1. The topological polar surface area (TPSA) is 50.2 Å². The Morgan fingerprint density at radius 3 is 2.92 bits per heavy atom. The highest BCUT2D eigenvalue weighted by Crippen LogP contribution is 2.06. The van der Waals surface area contributed by atoms with E-state index in [4.69, 9.17) is 16.7 Å². The lowest BCUT2D eigenvalue weighted by Gasteiger charge is -1.96. The summed E-state index contributed by atoms with van der Waals surface area (Å²) >= 11 is 5.60. The molecule has 0 amide bonds. The van der Waals surface area contributed by atoms with Crippen LogP contribution in [0.3, 0.4) is 0 Å². The fourth-order valence-corrected chi connectivity index (χ4v) is 1.01. The first-order valence-electron chi connectivity index (χ1n) is 3.52. The molecule has 0 aliphatic carbocycles. The largest absolute Gasteiger partial charge is 0.481 e. The van der Waals surface area contributed by atoms with E-state index in [1.807, 2.05) is 0 Å². The van der Waals surface area contributed by atoms with Crippen molar-refractivity contribution in [2.75, 3.05) is 0 Å². The molecule has 0 spiro atoms. The smallest absolute Gasteiger partial charge is 0.303 e. The lowest BCUT2D eigenvalue weighted by atomic mass is 10.2. The molecule has 3 nitrogen and oxygen atoms in total. The molecule has 0 aromatic carbocycles. The van der Waals surface area contributed by atoms with Crippen molar-refractivity contribution in [3.63, 3.8) is 0 Å². The Kier molecular flexibility index (Phi) is 3.05. The standard InChI is InChI=1S/C8H8ClNO2/c9-7-3-1-2-6(10-7)4-5-8(11)12/h1-3H,4-5H2,(H,11,12). The van der Waals surface area contributed by atoms with Crippen molar-refractivity contribution in [3.8, 4) is 0 Å². The van der Waals surface area contributed by atoms with E-state index >= 15 is 0 Å². The van der Waals surface area contributed by atoms with E-state index in [0.29, 0.717) is 17.3 Å². The molecule has 0 fully saturated rings. The number of aliphatic carboxylic acids is 1. The van der Waals surface area contributed by atoms with Gasteiger partial charge in [0.05, 0.1) is 6.42 Å². The van der Waals surface area contributed by atoms with Crippen molar-refractivity contribution in [1.82, 2.24) is 4.98 Å². The molecular weight excluding hydrogens is 178 g/mol. The van der Waals surface area contributed by atoms with Crippen LogP contribution in [0.1, 0.15) is 12.1 Å². The van der Waals surface area contributed by atoms with Gasteiger partial charge in [-0.3, -0.25) is 4.79 Å².